The highest BCUT2D eigenvalue weighted by Gasteiger charge is 2.04. The fourth-order valence-corrected chi connectivity index (χ4v) is 2.17. The second-order valence-electron chi connectivity index (χ2n) is 6.30. The predicted octanol–water partition coefficient (Wildman–Crippen LogP) is 5.30. The summed E-state index contributed by atoms with van der Waals surface area (Å²) in [5.41, 5.74) is 1.31. The molecule has 0 aromatic heterocycles. The van der Waals surface area contributed by atoms with E-state index in [0.29, 0.717) is 0 Å². The van der Waals surface area contributed by atoms with Crippen LogP contribution in [0.2, 0.25) is 0 Å². The summed E-state index contributed by atoms with van der Waals surface area (Å²) in [4.78, 5) is 2.25. The second-order valence-corrected chi connectivity index (χ2v) is 6.30. The molecular formula is C20H24ClN. The molecule has 0 heterocycles. The summed E-state index contributed by atoms with van der Waals surface area (Å²) in [6, 6.07) is 14.9. The van der Waals surface area contributed by atoms with Gasteiger partial charge in [0.1, 0.15) is 0 Å². The predicted molar refractivity (Wildman–Crippen MR) is 101 cm³/mol. The van der Waals surface area contributed by atoms with Gasteiger partial charge in [0.05, 0.1) is 0 Å². The van der Waals surface area contributed by atoms with Gasteiger partial charge in [-0.3, -0.25) is 0 Å². The van der Waals surface area contributed by atoms with Crippen molar-refractivity contribution in [3.05, 3.63) is 54.6 Å². The van der Waals surface area contributed by atoms with Crippen LogP contribution in [0, 0.1) is 17.3 Å². The number of allylic oxidation sites excluding steroid dienone is 1. The Morgan fingerprint density at radius 3 is 2.45 bits per heavy atom. The first-order valence-corrected chi connectivity index (χ1v) is 7.34. The van der Waals surface area contributed by atoms with Crippen LogP contribution in [-0.4, -0.2) is 13.6 Å². The van der Waals surface area contributed by atoms with Crippen LogP contribution in [0.4, 0.5) is 5.69 Å². The number of likely N-dealkylation sites (N-methyl/N-ethyl adjacent to an activating group) is 1. The molecule has 2 aromatic rings. The number of rotatable bonds is 3. The van der Waals surface area contributed by atoms with Gasteiger partial charge in [-0.25, -0.2) is 0 Å². The van der Waals surface area contributed by atoms with Gasteiger partial charge in [0.2, 0.25) is 0 Å². The van der Waals surface area contributed by atoms with Gasteiger partial charge < -0.3 is 4.90 Å². The standard InChI is InChI=1S/C20H23N.ClH/c1-20(2,3)15-8-5-9-16-21(4)19-14-10-12-17-11-6-7-13-18(17)19;/h5-7,9-14H,16H2,1-4H3;1H/b9-5-;. The van der Waals surface area contributed by atoms with Crippen LogP contribution in [0.15, 0.2) is 54.6 Å². The van der Waals surface area contributed by atoms with Crippen molar-refractivity contribution in [2.75, 3.05) is 18.5 Å². The van der Waals surface area contributed by atoms with Gasteiger partial charge >= 0.3 is 0 Å². The molecule has 116 valence electrons. The Kier molecular flexibility index (Phi) is 6.53. The van der Waals surface area contributed by atoms with Crippen molar-refractivity contribution in [2.24, 2.45) is 5.41 Å². The highest BCUT2D eigenvalue weighted by Crippen LogP contribution is 2.25. The van der Waals surface area contributed by atoms with Gasteiger partial charge in [-0.1, -0.05) is 54.3 Å². The van der Waals surface area contributed by atoms with E-state index in [4.69, 9.17) is 0 Å². The fourth-order valence-electron chi connectivity index (χ4n) is 2.17. The lowest BCUT2D eigenvalue weighted by molar-refractivity contribution is 0.571. The normalized spacial score (nSPS) is 10.9. The third kappa shape index (κ3) is 5.13. The Hall–Kier alpha value is -1.91. The first kappa shape index (κ1) is 18.1. The molecule has 0 aliphatic carbocycles. The van der Waals surface area contributed by atoms with Gasteiger partial charge in [-0.05, 0) is 38.3 Å². The van der Waals surface area contributed by atoms with Crippen LogP contribution in [0.3, 0.4) is 0 Å². The summed E-state index contributed by atoms with van der Waals surface area (Å²) < 4.78 is 0. The SMILES string of the molecule is CN(C/C=C\C#CC(C)(C)C)c1cccc2ccccc12.Cl. The molecular weight excluding hydrogens is 290 g/mol. The number of benzene rings is 2. The minimum Gasteiger partial charge on any atom is -0.370 e. The van der Waals surface area contributed by atoms with Crippen molar-refractivity contribution < 1.29 is 0 Å². The summed E-state index contributed by atoms with van der Waals surface area (Å²) >= 11 is 0. The van der Waals surface area contributed by atoms with E-state index >= 15 is 0 Å². The lowest BCUT2D eigenvalue weighted by atomic mass is 9.98. The van der Waals surface area contributed by atoms with Crippen LogP contribution in [0.5, 0.6) is 0 Å². The molecule has 0 saturated heterocycles. The lowest BCUT2D eigenvalue weighted by Gasteiger charge is -2.19. The third-order valence-corrected chi connectivity index (χ3v) is 3.21. The Labute approximate surface area is 140 Å². The molecule has 0 amide bonds. The van der Waals surface area contributed by atoms with E-state index in [1.54, 1.807) is 0 Å². The van der Waals surface area contributed by atoms with Crippen molar-refractivity contribution in [2.45, 2.75) is 20.8 Å². The maximum Gasteiger partial charge on any atom is 0.0446 e. The molecule has 2 heteroatoms. The number of halogens is 1. The molecule has 0 aliphatic heterocycles. The number of fused-ring (bicyclic) bond motifs is 1. The van der Waals surface area contributed by atoms with Crippen LogP contribution < -0.4 is 4.90 Å². The molecule has 0 unspecified atom stereocenters. The number of hydrogen-bond acceptors (Lipinski definition) is 1. The first-order valence-electron chi connectivity index (χ1n) is 7.34. The summed E-state index contributed by atoms with van der Waals surface area (Å²) in [7, 11) is 2.11. The zero-order chi connectivity index (χ0) is 15.3. The molecule has 0 saturated carbocycles. The quantitative estimate of drug-likeness (QED) is 0.695. The Bertz CT molecular complexity index is 693. The van der Waals surface area contributed by atoms with Crippen LogP contribution in [0.1, 0.15) is 20.8 Å². The van der Waals surface area contributed by atoms with Crippen molar-refractivity contribution >= 4 is 28.9 Å². The van der Waals surface area contributed by atoms with Crippen LogP contribution in [0.25, 0.3) is 10.8 Å². The summed E-state index contributed by atoms with van der Waals surface area (Å²) in [5.74, 6) is 6.32. The van der Waals surface area contributed by atoms with Gasteiger partial charge in [0.15, 0.2) is 0 Å². The second kappa shape index (κ2) is 7.92. The largest absolute Gasteiger partial charge is 0.370 e. The average molecular weight is 314 g/mol. The Balaban J connectivity index is 0.00000242. The topological polar surface area (TPSA) is 3.24 Å². The maximum absolute atomic E-state index is 3.21. The highest BCUT2D eigenvalue weighted by molar-refractivity contribution is 5.94. The summed E-state index contributed by atoms with van der Waals surface area (Å²) in [5, 5.41) is 2.56. The molecule has 0 bridgehead atoms. The minimum absolute atomic E-state index is 0. The van der Waals surface area contributed by atoms with E-state index in [2.05, 4.69) is 93.1 Å². The number of anilines is 1. The van der Waals surface area contributed by atoms with E-state index in [1.165, 1.54) is 16.5 Å². The highest BCUT2D eigenvalue weighted by atomic mass is 35.5. The van der Waals surface area contributed by atoms with Crippen molar-refractivity contribution in [3.8, 4) is 11.8 Å². The smallest absolute Gasteiger partial charge is 0.0446 e. The molecule has 0 spiro atoms. The molecule has 2 aromatic carbocycles. The summed E-state index contributed by atoms with van der Waals surface area (Å²) in [6.07, 6.45) is 4.06. The molecule has 0 atom stereocenters. The fraction of sp³-hybridized carbons (Fsp3) is 0.300. The van der Waals surface area contributed by atoms with Crippen molar-refractivity contribution in [1.82, 2.24) is 0 Å². The summed E-state index contributed by atoms with van der Waals surface area (Å²) in [6.45, 7) is 7.22. The van der Waals surface area contributed by atoms with Gasteiger partial charge in [0.25, 0.3) is 0 Å². The zero-order valence-electron chi connectivity index (χ0n) is 13.8. The Morgan fingerprint density at radius 1 is 1.05 bits per heavy atom. The zero-order valence-corrected chi connectivity index (χ0v) is 14.6. The molecule has 0 aliphatic rings. The van der Waals surface area contributed by atoms with Crippen LogP contribution >= 0.6 is 12.4 Å². The van der Waals surface area contributed by atoms with E-state index in [9.17, 15) is 0 Å². The van der Waals surface area contributed by atoms with Gasteiger partial charge in [-0.15, -0.1) is 12.4 Å². The lowest BCUT2D eigenvalue weighted by Crippen LogP contribution is -2.16. The van der Waals surface area contributed by atoms with E-state index in [-0.39, 0.29) is 17.8 Å². The Morgan fingerprint density at radius 2 is 1.73 bits per heavy atom. The molecule has 0 N–H and O–H groups in total. The van der Waals surface area contributed by atoms with E-state index in [1.807, 2.05) is 6.08 Å². The first-order chi connectivity index (χ1) is 9.97. The molecule has 2 rings (SSSR count). The molecule has 1 nitrogen and oxygen atoms in total. The monoisotopic (exact) mass is 313 g/mol. The van der Waals surface area contributed by atoms with Gasteiger partial charge in [0, 0.05) is 30.1 Å². The maximum atomic E-state index is 3.21. The van der Waals surface area contributed by atoms with E-state index in [0.717, 1.165) is 6.54 Å². The minimum atomic E-state index is 0. The van der Waals surface area contributed by atoms with Crippen LogP contribution in [-0.2, 0) is 0 Å². The number of nitrogens with zero attached hydrogens (tertiary/aromatic N) is 1. The number of hydrogen-bond donors (Lipinski definition) is 0. The van der Waals surface area contributed by atoms with E-state index < -0.39 is 0 Å². The molecule has 22 heavy (non-hydrogen) atoms. The van der Waals surface area contributed by atoms with Crippen molar-refractivity contribution in [3.63, 3.8) is 0 Å². The average Bonchev–Trinajstić information content (AvgIpc) is 2.45. The molecule has 0 radical (unpaired) electrons. The third-order valence-electron chi connectivity index (χ3n) is 3.21. The van der Waals surface area contributed by atoms with Gasteiger partial charge in [-0.2, -0.15) is 0 Å². The molecule has 0 fully saturated rings. The van der Waals surface area contributed by atoms with Crippen molar-refractivity contribution in [1.29, 1.82) is 0 Å².